The molecule has 0 radical (unpaired) electrons. The van der Waals surface area contributed by atoms with Crippen LogP contribution in [0.15, 0.2) is 29.3 Å². The van der Waals surface area contributed by atoms with Crippen LogP contribution in [0.1, 0.15) is 39.0 Å². The van der Waals surface area contributed by atoms with Crippen molar-refractivity contribution in [3.05, 3.63) is 24.3 Å². The summed E-state index contributed by atoms with van der Waals surface area (Å²) in [5.41, 5.74) is 1.27. The first-order valence-corrected chi connectivity index (χ1v) is 11.4. The number of aliphatic imine (C=N–C) groups is 1. The topological polar surface area (TPSA) is 60.3 Å². The van der Waals surface area contributed by atoms with E-state index >= 15 is 0 Å². The Balaban J connectivity index is 0.00000218. The normalized spacial score (nSPS) is 30.0. The van der Waals surface area contributed by atoms with Crippen LogP contribution in [0.3, 0.4) is 0 Å². The Labute approximate surface area is 197 Å². The number of phenols is 1. The SMILES string of the molecule is CCN=C(NC1C2CCOC2C12CCCC2)N1CCN(c2ccccc2O)CC1.I. The van der Waals surface area contributed by atoms with Crippen molar-refractivity contribution in [2.45, 2.75) is 51.2 Å². The summed E-state index contributed by atoms with van der Waals surface area (Å²) in [6, 6.07) is 8.15. The molecule has 1 aromatic carbocycles. The van der Waals surface area contributed by atoms with E-state index in [0.29, 0.717) is 29.2 Å². The highest BCUT2D eigenvalue weighted by Crippen LogP contribution is 2.60. The fraction of sp³-hybridized carbons (Fsp3) is 0.696. The van der Waals surface area contributed by atoms with Gasteiger partial charge in [0.25, 0.3) is 0 Å². The summed E-state index contributed by atoms with van der Waals surface area (Å²) < 4.78 is 6.16. The summed E-state index contributed by atoms with van der Waals surface area (Å²) in [6.45, 7) is 7.48. The first kappa shape index (κ1) is 22.0. The van der Waals surface area contributed by atoms with Crippen molar-refractivity contribution >= 4 is 35.6 Å². The van der Waals surface area contributed by atoms with Gasteiger partial charge in [0.1, 0.15) is 5.75 Å². The van der Waals surface area contributed by atoms with E-state index in [0.717, 1.165) is 51.0 Å². The lowest BCUT2D eigenvalue weighted by atomic mass is 9.54. The lowest BCUT2D eigenvalue weighted by Crippen LogP contribution is -2.70. The monoisotopic (exact) mass is 526 g/mol. The van der Waals surface area contributed by atoms with Gasteiger partial charge in [-0.15, -0.1) is 24.0 Å². The molecule has 1 spiro atoms. The van der Waals surface area contributed by atoms with Gasteiger partial charge in [0, 0.05) is 56.7 Å². The van der Waals surface area contributed by atoms with E-state index in [9.17, 15) is 5.11 Å². The van der Waals surface area contributed by atoms with Crippen molar-refractivity contribution in [3.63, 3.8) is 0 Å². The summed E-state index contributed by atoms with van der Waals surface area (Å²) >= 11 is 0. The average molecular weight is 526 g/mol. The smallest absolute Gasteiger partial charge is 0.194 e. The number of aromatic hydroxyl groups is 1. The van der Waals surface area contributed by atoms with E-state index < -0.39 is 0 Å². The van der Waals surface area contributed by atoms with Crippen molar-refractivity contribution in [2.24, 2.45) is 16.3 Å². The molecule has 2 aliphatic heterocycles. The highest BCUT2D eigenvalue weighted by molar-refractivity contribution is 14.0. The molecule has 4 aliphatic rings. The number of piperazine rings is 1. The number of benzene rings is 1. The van der Waals surface area contributed by atoms with Gasteiger partial charge in [0.15, 0.2) is 5.96 Å². The zero-order valence-electron chi connectivity index (χ0n) is 17.9. The molecule has 3 atom stereocenters. The molecule has 4 fully saturated rings. The van der Waals surface area contributed by atoms with Gasteiger partial charge in [-0.25, -0.2) is 0 Å². The Hall–Kier alpha value is -1.22. The largest absolute Gasteiger partial charge is 0.506 e. The Morgan fingerprint density at radius 2 is 1.93 bits per heavy atom. The molecule has 1 aromatic rings. The number of hydrogen-bond acceptors (Lipinski definition) is 4. The minimum atomic E-state index is 0. The molecule has 2 saturated carbocycles. The van der Waals surface area contributed by atoms with Crippen LogP contribution in [-0.2, 0) is 4.74 Å². The average Bonchev–Trinajstić information content (AvgIpc) is 3.41. The number of fused-ring (bicyclic) bond motifs is 2. The summed E-state index contributed by atoms with van der Waals surface area (Å²) in [5, 5.41) is 14.1. The van der Waals surface area contributed by atoms with Crippen molar-refractivity contribution in [2.75, 3.05) is 44.2 Å². The van der Waals surface area contributed by atoms with E-state index in [-0.39, 0.29) is 24.0 Å². The van der Waals surface area contributed by atoms with Crippen molar-refractivity contribution in [3.8, 4) is 5.75 Å². The molecule has 7 heteroatoms. The van der Waals surface area contributed by atoms with Gasteiger partial charge in [-0.05, 0) is 38.3 Å². The molecule has 166 valence electrons. The Morgan fingerprint density at radius 1 is 1.20 bits per heavy atom. The van der Waals surface area contributed by atoms with Crippen LogP contribution in [0.2, 0.25) is 0 Å². The zero-order valence-corrected chi connectivity index (χ0v) is 20.3. The van der Waals surface area contributed by atoms with E-state index in [2.05, 4.69) is 22.0 Å². The lowest BCUT2D eigenvalue weighted by Gasteiger charge is -2.57. The molecule has 0 bridgehead atoms. The molecule has 30 heavy (non-hydrogen) atoms. The van der Waals surface area contributed by atoms with Gasteiger partial charge in [-0.2, -0.15) is 0 Å². The van der Waals surface area contributed by atoms with Crippen LogP contribution in [0.4, 0.5) is 5.69 Å². The Kier molecular flexibility index (Phi) is 6.67. The number of phenolic OH excluding ortho intramolecular Hbond substituents is 1. The number of guanidine groups is 1. The van der Waals surface area contributed by atoms with Crippen LogP contribution in [-0.4, -0.2) is 67.4 Å². The molecule has 2 N–H and O–H groups in total. The third kappa shape index (κ3) is 3.66. The number of halogens is 1. The van der Waals surface area contributed by atoms with Gasteiger partial charge in [0.2, 0.25) is 0 Å². The molecule has 0 amide bonds. The third-order valence-electron chi connectivity index (χ3n) is 7.68. The van der Waals surface area contributed by atoms with E-state index in [1.54, 1.807) is 6.07 Å². The van der Waals surface area contributed by atoms with Crippen LogP contribution < -0.4 is 10.2 Å². The quantitative estimate of drug-likeness (QED) is 0.359. The predicted molar refractivity (Wildman–Crippen MR) is 131 cm³/mol. The number of nitrogens with one attached hydrogen (secondary N) is 1. The molecule has 0 aromatic heterocycles. The maximum absolute atomic E-state index is 10.2. The molecule has 2 aliphatic carbocycles. The van der Waals surface area contributed by atoms with Gasteiger partial charge >= 0.3 is 0 Å². The fourth-order valence-electron chi connectivity index (χ4n) is 6.32. The van der Waals surface area contributed by atoms with Gasteiger partial charge in [0.05, 0.1) is 11.8 Å². The van der Waals surface area contributed by atoms with Crippen molar-refractivity contribution in [1.29, 1.82) is 0 Å². The first-order valence-electron chi connectivity index (χ1n) is 11.4. The minimum absolute atomic E-state index is 0. The minimum Gasteiger partial charge on any atom is -0.506 e. The standard InChI is InChI=1S/C23H34N4O2.HI/c1-2-24-22(25-20-17-9-16-29-21(17)23(20)10-5-6-11-23)27-14-12-26(13-15-27)18-7-3-4-8-19(18)28;/h3-4,7-8,17,20-21,28H,2,5-6,9-16H2,1H3,(H,24,25);1H. The van der Waals surface area contributed by atoms with E-state index in [4.69, 9.17) is 9.73 Å². The molecule has 6 nitrogen and oxygen atoms in total. The highest BCUT2D eigenvalue weighted by Gasteiger charge is 2.65. The van der Waals surface area contributed by atoms with E-state index in [1.807, 2.05) is 18.2 Å². The second kappa shape index (κ2) is 9.10. The van der Waals surface area contributed by atoms with Crippen molar-refractivity contribution < 1.29 is 9.84 Å². The van der Waals surface area contributed by atoms with E-state index in [1.165, 1.54) is 32.1 Å². The fourth-order valence-corrected chi connectivity index (χ4v) is 6.32. The van der Waals surface area contributed by atoms with Gasteiger partial charge < -0.3 is 25.0 Å². The molecule has 2 saturated heterocycles. The molecule has 3 unspecified atom stereocenters. The second-order valence-corrected chi connectivity index (χ2v) is 9.07. The van der Waals surface area contributed by atoms with Crippen molar-refractivity contribution in [1.82, 2.24) is 10.2 Å². The number of ether oxygens (including phenoxy) is 1. The van der Waals surface area contributed by atoms with Crippen LogP contribution >= 0.6 is 24.0 Å². The number of rotatable bonds is 3. The Morgan fingerprint density at radius 3 is 2.63 bits per heavy atom. The van der Waals surface area contributed by atoms with Gasteiger partial charge in [-0.3, -0.25) is 4.99 Å². The second-order valence-electron chi connectivity index (χ2n) is 9.07. The molecular formula is C23H35IN4O2. The number of para-hydroxylation sites is 2. The number of hydrogen-bond donors (Lipinski definition) is 2. The lowest BCUT2D eigenvalue weighted by molar-refractivity contribution is -0.125. The molecule has 2 heterocycles. The summed E-state index contributed by atoms with van der Waals surface area (Å²) in [4.78, 5) is 9.56. The summed E-state index contributed by atoms with van der Waals surface area (Å²) in [7, 11) is 0. The zero-order chi connectivity index (χ0) is 19.8. The maximum Gasteiger partial charge on any atom is 0.194 e. The third-order valence-corrected chi connectivity index (χ3v) is 7.68. The number of nitrogens with zero attached hydrogens (tertiary/aromatic N) is 3. The first-order chi connectivity index (χ1) is 14.2. The summed E-state index contributed by atoms with van der Waals surface area (Å²) in [5.74, 6) is 2.09. The number of anilines is 1. The highest BCUT2D eigenvalue weighted by atomic mass is 127. The van der Waals surface area contributed by atoms with Gasteiger partial charge in [-0.1, -0.05) is 25.0 Å². The van der Waals surface area contributed by atoms with Crippen LogP contribution in [0.25, 0.3) is 0 Å². The Bertz CT molecular complexity index is 759. The maximum atomic E-state index is 10.2. The molecular weight excluding hydrogens is 491 g/mol. The van der Waals surface area contributed by atoms with Crippen LogP contribution in [0.5, 0.6) is 5.75 Å². The molecule has 5 rings (SSSR count). The summed E-state index contributed by atoms with van der Waals surface area (Å²) in [6.07, 6.45) is 6.93. The van der Waals surface area contributed by atoms with Crippen LogP contribution in [0, 0.1) is 11.3 Å². The predicted octanol–water partition coefficient (Wildman–Crippen LogP) is 3.45.